The number of aromatic nitrogens is 4. The van der Waals surface area contributed by atoms with Gasteiger partial charge in [-0.15, -0.1) is 0 Å². The Bertz CT molecular complexity index is 1270. The molecule has 1 aromatic carbocycles. The van der Waals surface area contributed by atoms with E-state index in [-0.39, 0.29) is 21.9 Å². The van der Waals surface area contributed by atoms with Crippen molar-refractivity contribution in [2.75, 3.05) is 0 Å². The van der Waals surface area contributed by atoms with E-state index in [2.05, 4.69) is 9.97 Å². The number of alkyl halides is 3. The number of pyridine rings is 2. The van der Waals surface area contributed by atoms with Gasteiger partial charge in [-0.05, 0) is 31.2 Å². The van der Waals surface area contributed by atoms with Gasteiger partial charge in [-0.25, -0.2) is 9.97 Å². The number of hydrogen-bond donors (Lipinski definition) is 0. The van der Waals surface area contributed by atoms with Gasteiger partial charge in [-0.1, -0.05) is 23.7 Å². The summed E-state index contributed by atoms with van der Waals surface area (Å²) in [6, 6.07) is 8.61. The summed E-state index contributed by atoms with van der Waals surface area (Å²) < 4.78 is 42.4. The van der Waals surface area contributed by atoms with Gasteiger partial charge in [0.05, 0.1) is 16.2 Å². The van der Waals surface area contributed by atoms with E-state index in [1.165, 1.54) is 6.07 Å². The zero-order valence-electron chi connectivity index (χ0n) is 14.2. The smallest absolute Gasteiger partial charge is 0.331 e. The van der Waals surface area contributed by atoms with Crippen molar-refractivity contribution in [3.05, 3.63) is 63.3 Å². The highest BCUT2D eigenvalue weighted by atomic mass is 35.5. The molecule has 0 saturated carbocycles. The first-order chi connectivity index (χ1) is 12.7. The molecule has 0 spiro atoms. The summed E-state index contributed by atoms with van der Waals surface area (Å²) in [5.74, 6) is 0.556. The van der Waals surface area contributed by atoms with E-state index < -0.39 is 17.4 Å². The van der Waals surface area contributed by atoms with Crippen LogP contribution in [0.2, 0.25) is 5.02 Å². The second kappa shape index (κ2) is 5.82. The molecule has 0 aliphatic rings. The standard InChI is InChI=1S/C18H12ClF3N4O/c1-9-23-14-15(25(9)2)10-7-8-13(18(20,21)22)24-16(10)26(17(14)27)12-6-4-3-5-11(12)19/h3-8H,1-2H3. The minimum absolute atomic E-state index is 0.126. The van der Waals surface area contributed by atoms with Gasteiger partial charge in [0.15, 0.2) is 5.52 Å². The van der Waals surface area contributed by atoms with Crippen LogP contribution in [-0.4, -0.2) is 19.1 Å². The third kappa shape index (κ3) is 2.59. The molecule has 0 aliphatic heterocycles. The van der Waals surface area contributed by atoms with Crippen molar-refractivity contribution >= 4 is 33.7 Å². The first kappa shape index (κ1) is 17.5. The van der Waals surface area contributed by atoms with E-state index in [0.717, 1.165) is 10.6 Å². The maximum atomic E-state index is 13.2. The molecule has 4 aromatic rings. The van der Waals surface area contributed by atoms with Gasteiger partial charge in [0, 0.05) is 12.4 Å². The van der Waals surface area contributed by atoms with Crippen molar-refractivity contribution in [1.82, 2.24) is 19.1 Å². The molecule has 0 radical (unpaired) electrons. The normalized spacial score (nSPS) is 12.2. The van der Waals surface area contributed by atoms with Gasteiger partial charge in [0.1, 0.15) is 17.2 Å². The zero-order chi connectivity index (χ0) is 19.5. The zero-order valence-corrected chi connectivity index (χ0v) is 14.9. The predicted octanol–water partition coefficient (Wildman–Crippen LogP) is 4.25. The predicted molar refractivity (Wildman–Crippen MR) is 96.4 cm³/mol. The highest BCUT2D eigenvalue weighted by Gasteiger charge is 2.33. The molecule has 3 aromatic heterocycles. The van der Waals surface area contributed by atoms with Gasteiger partial charge in [-0.3, -0.25) is 9.36 Å². The molecule has 0 bridgehead atoms. The Morgan fingerprint density at radius 2 is 1.78 bits per heavy atom. The number of fused-ring (bicyclic) bond motifs is 3. The van der Waals surface area contributed by atoms with Crippen LogP contribution in [0.3, 0.4) is 0 Å². The van der Waals surface area contributed by atoms with Crippen LogP contribution >= 0.6 is 11.6 Å². The van der Waals surface area contributed by atoms with Crippen LogP contribution < -0.4 is 5.56 Å². The van der Waals surface area contributed by atoms with Crippen molar-refractivity contribution in [2.24, 2.45) is 7.05 Å². The third-order valence-corrected chi connectivity index (χ3v) is 4.77. The molecule has 0 unspecified atom stereocenters. The van der Waals surface area contributed by atoms with Gasteiger partial charge < -0.3 is 4.57 Å². The molecule has 0 N–H and O–H groups in total. The molecule has 0 atom stereocenters. The summed E-state index contributed by atoms with van der Waals surface area (Å²) in [6.07, 6.45) is -4.65. The second-order valence-electron chi connectivity index (χ2n) is 6.07. The summed E-state index contributed by atoms with van der Waals surface area (Å²) in [7, 11) is 1.70. The fourth-order valence-electron chi connectivity index (χ4n) is 3.09. The maximum Gasteiger partial charge on any atom is 0.433 e. The van der Waals surface area contributed by atoms with Crippen molar-refractivity contribution < 1.29 is 13.2 Å². The number of imidazole rings is 1. The lowest BCUT2D eigenvalue weighted by Gasteiger charge is -2.14. The Morgan fingerprint density at radius 1 is 1.07 bits per heavy atom. The molecular formula is C18H12ClF3N4O. The summed E-state index contributed by atoms with van der Waals surface area (Å²) in [5, 5.41) is 0.590. The number of hydrogen-bond acceptors (Lipinski definition) is 3. The quantitative estimate of drug-likeness (QED) is 0.486. The summed E-state index contributed by atoms with van der Waals surface area (Å²) in [6.45, 7) is 1.71. The van der Waals surface area contributed by atoms with Crippen molar-refractivity contribution in [2.45, 2.75) is 13.1 Å². The monoisotopic (exact) mass is 392 g/mol. The van der Waals surface area contributed by atoms with Gasteiger partial charge >= 0.3 is 6.18 Å². The Kier molecular flexibility index (Phi) is 3.78. The number of nitrogens with zero attached hydrogens (tertiary/aromatic N) is 4. The molecule has 0 fully saturated rings. The molecule has 27 heavy (non-hydrogen) atoms. The minimum Gasteiger partial charge on any atom is -0.331 e. The van der Waals surface area contributed by atoms with E-state index in [1.54, 1.807) is 42.8 Å². The highest BCUT2D eigenvalue weighted by molar-refractivity contribution is 6.32. The minimum atomic E-state index is -4.65. The lowest BCUT2D eigenvalue weighted by molar-refractivity contribution is -0.141. The summed E-state index contributed by atoms with van der Waals surface area (Å²) in [4.78, 5) is 21.2. The third-order valence-electron chi connectivity index (χ3n) is 4.45. The lowest BCUT2D eigenvalue weighted by Crippen LogP contribution is -2.22. The number of halogens is 4. The van der Waals surface area contributed by atoms with E-state index in [9.17, 15) is 18.0 Å². The molecule has 9 heteroatoms. The first-order valence-electron chi connectivity index (χ1n) is 7.91. The van der Waals surface area contributed by atoms with Crippen LogP contribution in [0.25, 0.3) is 27.8 Å². The fourth-order valence-corrected chi connectivity index (χ4v) is 3.31. The molecule has 0 saturated heterocycles. The average Bonchev–Trinajstić information content (AvgIpc) is 2.91. The van der Waals surface area contributed by atoms with Crippen LogP contribution in [0.4, 0.5) is 13.2 Å². The molecule has 138 valence electrons. The Balaban J connectivity index is 2.28. The van der Waals surface area contributed by atoms with Gasteiger partial charge in [0.2, 0.25) is 0 Å². The van der Waals surface area contributed by atoms with Crippen LogP contribution in [0.5, 0.6) is 0 Å². The number of rotatable bonds is 1. The fraction of sp³-hybridized carbons (Fsp3) is 0.167. The first-order valence-corrected chi connectivity index (χ1v) is 8.29. The van der Waals surface area contributed by atoms with Crippen LogP contribution in [0.15, 0.2) is 41.2 Å². The maximum absolute atomic E-state index is 13.2. The second-order valence-corrected chi connectivity index (χ2v) is 6.48. The molecular weight excluding hydrogens is 381 g/mol. The molecule has 0 amide bonds. The van der Waals surface area contributed by atoms with Crippen LogP contribution in [-0.2, 0) is 13.2 Å². The molecule has 4 rings (SSSR count). The SMILES string of the molecule is Cc1nc2c(=O)n(-c3ccccc3Cl)c3nc(C(F)(F)F)ccc3c2n1C. The average molecular weight is 393 g/mol. The number of aryl methyl sites for hydroxylation is 2. The summed E-state index contributed by atoms with van der Waals surface area (Å²) >= 11 is 6.21. The van der Waals surface area contributed by atoms with Crippen molar-refractivity contribution in [3.8, 4) is 5.69 Å². The Morgan fingerprint density at radius 3 is 2.44 bits per heavy atom. The largest absolute Gasteiger partial charge is 0.433 e. The van der Waals surface area contributed by atoms with E-state index in [4.69, 9.17) is 11.6 Å². The molecule has 0 aliphatic carbocycles. The topological polar surface area (TPSA) is 52.7 Å². The van der Waals surface area contributed by atoms with E-state index in [1.807, 2.05) is 0 Å². The van der Waals surface area contributed by atoms with Crippen molar-refractivity contribution in [3.63, 3.8) is 0 Å². The van der Waals surface area contributed by atoms with E-state index >= 15 is 0 Å². The summed E-state index contributed by atoms with van der Waals surface area (Å²) in [5.41, 5.74) is -0.986. The van der Waals surface area contributed by atoms with Crippen molar-refractivity contribution in [1.29, 1.82) is 0 Å². The lowest BCUT2D eigenvalue weighted by atomic mass is 10.2. The van der Waals surface area contributed by atoms with Crippen LogP contribution in [0, 0.1) is 6.92 Å². The molecule has 5 nitrogen and oxygen atoms in total. The number of para-hydroxylation sites is 1. The Labute approximate surface area is 155 Å². The van der Waals surface area contributed by atoms with Gasteiger partial charge in [0.25, 0.3) is 5.56 Å². The molecule has 3 heterocycles. The number of benzene rings is 1. The highest BCUT2D eigenvalue weighted by Crippen LogP contribution is 2.32. The van der Waals surface area contributed by atoms with Crippen LogP contribution in [0.1, 0.15) is 11.5 Å². The Hall–Kier alpha value is -2.87. The van der Waals surface area contributed by atoms with Gasteiger partial charge in [-0.2, -0.15) is 13.2 Å². The van der Waals surface area contributed by atoms with E-state index in [0.29, 0.717) is 16.7 Å².